The van der Waals surface area contributed by atoms with Gasteiger partial charge in [-0.2, -0.15) is 0 Å². The molecule has 0 saturated carbocycles. The van der Waals surface area contributed by atoms with Crippen LogP contribution >= 0.6 is 11.6 Å². The number of rotatable bonds is 9. The van der Waals surface area contributed by atoms with Crippen LogP contribution in [0, 0.1) is 6.92 Å². The van der Waals surface area contributed by atoms with Crippen molar-refractivity contribution in [2.24, 2.45) is 0 Å². The summed E-state index contributed by atoms with van der Waals surface area (Å²) in [5.74, 6) is 1.96. The zero-order valence-corrected chi connectivity index (χ0v) is 19.5. The van der Waals surface area contributed by atoms with Gasteiger partial charge in [0.15, 0.2) is 6.61 Å². The highest BCUT2D eigenvalue weighted by molar-refractivity contribution is 6.31. The summed E-state index contributed by atoms with van der Waals surface area (Å²) < 4.78 is 11.5. The molecular formula is C28H25ClN2O3. The molecule has 0 aliphatic carbocycles. The summed E-state index contributed by atoms with van der Waals surface area (Å²) in [7, 11) is 0. The number of aryl methyl sites for hydroxylation is 1. The Morgan fingerprint density at radius 3 is 2.26 bits per heavy atom. The van der Waals surface area contributed by atoms with E-state index in [0.29, 0.717) is 23.0 Å². The van der Waals surface area contributed by atoms with Gasteiger partial charge < -0.3 is 20.1 Å². The fourth-order valence-corrected chi connectivity index (χ4v) is 3.41. The molecule has 34 heavy (non-hydrogen) atoms. The highest BCUT2D eigenvalue weighted by Crippen LogP contribution is 2.23. The van der Waals surface area contributed by atoms with Crippen LogP contribution < -0.4 is 20.1 Å². The maximum absolute atomic E-state index is 12.2. The van der Waals surface area contributed by atoms with Gasteiger partial charge in [-0.1, -0.05) is 48.0 Å². The molecule has 0 aliphatic heterocycles. The van der Waals surface area contributed by atoms with Gasteiger partial charge in [-0.3, -0.25) is 4.79 Å². The van der Waals surface area contributed by atoms with Crippen LogP contribution in [0.1, 0.15) is 11.1 Å². The van der Waals surface area contributed by atoms with E-state index >= 15 is 0 Å². The summed E-state index contributed by atoms with van der Waals surface area (Å²) in [4.78, 5) is 12.2. The number of benzene rings is 4. The Morgan fingerprint density at radius 1 is 0.794 bits per heavy atom. The number of carbonyl (C=O) groups excluding carboxylic acids is 1. The van der Waals surface area contributed by atoms with Crippen molar-refractivity contribution in [2.75, 3.05) is 17.2 Å². The van der Waals surface area contributed by atoms with Gasteiger partial charge in [-0.05, 0) is 78.7 Å². The molecule has 0 radical (unpaired) electrons. The first-order chi connectivity index (χ1) is 16.5. The average molecular weight is 473 g/mol. The average Bonchev–Trinajstić information content (AvgIpc) is 2.86. The van der Waals surface area contributed by atoms with Crippen LogP contribution in [0.2, 0.25) is 5.02 Å². The number of ether oxygens (including phenoxy) is 2. The van der Waals surface area contributed by atoms with Gasteiger partial charge in [0, 0.05) is 22.9 Å². The molecule has 172 valence electrons. The number of nitrogens with one attached hydrogen (secondary N) is 2. The first-order valence-corrected chi connectivity index (χ1v) is 11.3. The van der Waals surface area contributed by atoms with Gasteiger partial charge in [0.1, 0.15) is 17.2 Å². The van der Waals surface area contributed by atoms with Crippen LogP contribution in [0.3, 0.4) is 0 Å². The van der Waals surface area contributed by atoms with Crippen molar-refractivity contribution in [1.82, 2.24) is 0 Å². The molecule has 2 N–H and O–H groups in total. The Balaban J connectivity index is 1.26. The van der Waals surface area contributed by atoms with Crippen LogP contribution in [0.5, 0.6) is 17.2 Å². The Labute approximate surface area is 204 Å². The molecule has 1 amide bonds. The number of para-hydroxylation sites is 1. The van der Waals surface area contributed by atoms with Crippen molar-refractivity contribution in [3.8, 4) is 17.2 Å². The van der Waals surface area contributed by atoms with Crippen molar-refractivity contribution in [3.05, 3.63) is 113 Å². The molecular weight excluding hydrogens is 448 g/mol. The van der Waals surface area contributed by atoms with Gasteiger partial charge in [-0.15, -0.1) is 0 Å². The van der Waals surface area contributed by atoms with Crippen molar-refractivity contribution < 1.29 is 14.3 Å². The standard InChI is InChI=1S/C28H25ClN2O3/c1-20-10-11-23(17-27(20)29)31-28(32)19-33-26-9-5-6-21(16-26)18-30-22-12-14-25(15-13-22)34-24-7-3-2-4-8-24/h2-17,30H,18-19H2,1H3,(H,31,32). The van der Waals surface area contributed by atoms with Crippen LogP contribution in [-0.4, -0.2) is 12.5 Å². The Morgan fingerprint density at radius 2 is 1.50 bits per heavy atom. The smallest absolute Gasteiger partial charge is 0.262 e. The lowest BCUT2D eigenvalue weighted by molar-refractivity contribution is -0.118. The normalized spacial score (nSPS) is 10.4. The summed E-state index contributed by atoms with van der Waals surface area (Å²) in [6, 6.07) is 30.5. The highest BCUT2D eigenvalue weighted by Gasteiger charge is 2.06. The second-order valence-electron chi connectivity index (χ2n) is 7.74. The molecule has 0 unspecified atom stereocenters. The molecule has 4 aromatic carbocycles. The predicted molar refractivity (Wildman–Crippen MR) is 137 cm³/mol. The summed E-state index contributed by atoms with van der Waals surface area (Å²) in [6.45, 7) is 2.43. The Kier molecular flexibility index (Phi) is 7.68. The van der Waals surface area contributed by atoms with Gasteiger partial charge in [-0.25, -0.2) is 0 Å². The summed E-state index contributed by atoms with van der Waals surface area (Å²) in [5.41, 5.74) is 3.61. The van der Waals surface area contributed by atoms with Crippen molar-refractivity contribution >= 4 is 28.9 Å². The van der Waals surface area contributed by atoms with Crippen LogP contribution in [0.4, 0.5) is 11.4 Å². The number of hydrogen-bond donors (Lipinski definition) is 2. The van der Waals surface area contributed by atoms with Crippen molar-refractivity contribution in [2.45, 2.75) is 13.5 Å². The lowest BCUT2D eigenvalue weighted by atomic mass is 10.2. The molecule has 0 saturated heterocycles. The minimum Gasteiger partial charge on any atom is -0.484 e. The van der Waals surface area contributed by atoms with E-state index in [4.69, 9.17) is 21.1 Å². The highest BCUT2D eigenvalue weighted by atomic mass is 35.5. The third-order valence-electron chi connectivity index (χ3n) is 5.05. The monoisotopic (exact) mass is 472 g/mol. The fraction of sp³-hybridized carbons (Fsp3) is 0.107. The van der Waals surface area contributed by atoms with Crippen LogP contribution in [0.15, 0.2) is 97.1 Å². The second kappa shape index (κ2) is 11.3. The topological polar surface area (TPSA) is 59.6 Å². The van der Waals surface area contributed by atoms with Gasteiger partial charge in [0.2, 0.25) is 0 Å². The summed E-state index contributed by atoms with van der Waals surface area (Å²) in [5, 5.41) is 6.78. The van der Waals surface area contributed by atoms with E-state index in [9.17, 15) is 4.79 Å². The molecule has 5 nitrogen and oxygen atoms in total. The maximum Gasteiger partial charge on any atom is 0.262 e. The maximum atomic E-state index is 12.2. The third-order valence-corrected chi connectivity index (χ3v) is 5.46. The third kappa shape index (κ3) is 6.77. The summed E-state index contributed by atoms with van der Waals surface area (Å²) >= 11 is 6.11. The number of carbonyl (C=O) groups is 1. The van der Waals surface area contributed by atoms with E-state index in [1.807, 2.05) is 97.9 Å². The molecule has 0 aliphatic rings. The molecule has 0 heterocycles. The minimum atomic E-state index is -0.249. The predicted octanol–water partition coefficient (Wildman–Crippen LogP) is 7.07. The van der Waals surface area contributed by atoms with E-state index in [0.717, 1.165) is 28.3 Å². The number of amides is 1. The van der Waals surface area contributed by atoms with E-state index in [-0.39, 0.29) is 12.5 Å². The van der Waals surface area contributed by atoms with Gasteiger partial charge in [0.25, 0.3) is 5.91 Å². The number of anilines is 2. The lowest BCUT2D eigenvalue weighted by Crippen LogP contribution is -2.20. The molecule has 0 fully saturated rings. The van der Waals surface area contributed by atoms with E-state index in [1.165, 1.54) is 0 Å². The van der Waals surface area contributed by atoms with E-state index in [2.05, 4.69) is 10.6 Å². The first kappa shape index (κ1) is 23.2. The fourth-order valence-electron chi connectivity index (χ4n) is 3.23. The van der Waals surface area contributed by atoms with E-state index < -0.39 is 0 Å². The molecule has 0 atom stereocenters. The zero-order valence-electron chi connectivity index (χ0n) is 18.8. The largest absolute Gasteiger partial charge is 0.484 e. The number of halogens is 1. The van der Waals surface area contributed by atoms with Crippen molar-refractivity contribution in [1.29, 1.82) is 0 Å². The zero-order chi connectivity index (χ0) is 23.8. The first-order valence-electron chi connectivity index (χ1n) is 10.9. The van der Waals surface area contributed by atoms with Crippen LogP contribution in [0.25, 0.3) is 0 Å². The molecule has 0 spiro atoms. The SMILES string of the molecule is Cc1ccc(NC(=O)COc2cccc(CNc3ccc(Oc4ccccc4)cc3)c2)cc1Cl. The molecule has 4 rings (SSSR count). The minimum absolute atomic E-state index is 0.0920. The quantitative estimate of drug-likeness (QED) is 0.273. The summed E-state index contributed by atoms with van der Waals surface area (Å²) in [6.07, 6.45) is 0. The van der Waals surface area contributed by atoms with Crippen LogP contribution in [-0.2, 0) is 11.3 Å². The van der Waals surface area contributed by atoms with Crippen molar-refractivity contribution in [3.63, 3.8) is 0 Å². The Bertz CT molecular complexity index is 1240. The molecule has 0 aromatic heterocycles. The Hall–Kier alpha value is -3.96. The van der Waals surface area contributed by atoms with E-state index in [1.54, 1.807) is 6.07 Å². The molecule has 6 heteroatoms. The molecule has 4 aromatic rings. The van der Waals surface area contributed by atoms with Gasteiger partial charge >= 0.3 is 0 Å². The molecule has 0 bridgehead atoms. The number of hydrogen-bond acceptors (Lipinski definition) is 4. The lowest BCUT2D eigenvalue weighted by Gasteiger charge is -2.11. The second-order valence-corrected chi connectivity index (χ2v) is 8.15. The van der Waals surface area contributed by atoms with Gasteiger partial charge in [0.05, 0.1) is 0 Å².